The highest BCUT2D eigenvalue weighted by Gasteiger charge is 2.12. The summed E-state index contributed by atoms with van der Waals surface area (Å²) in [5.41, 5.74) is 5.76. The lowest BCUT2D eigenvalue weighted by Gasteiger charge is -2.11. The molecule has 0 atom stereocenters. The van der Waals surface area contributed by atoms with Gasteiger partial charge in [-0.15, -0.1) is 10.2 Å². The van der Waals surface area contributed by atoms with Crippen LogP contribution in [0.15, 0.2) is 5.16 Å². The summed E-state index contributed by atoms with van der Waals surface area (Å²) in [6.07, 6.45) is 0.927. The van der Waals surface area contributed by atoms with Gasteiger partial charge in [0.1, 0.15) is 0 Å². The zero-order chi connectivity index (χ0) is 13.4. The number of methoxy groups -OCH3 is 1. The van der Waals surface area contributed by atoms with Crippen molar-refractivity contribution >= 4 is 17.7 Å². The maximum atomic E-state index is 5.76. The smallest absolute Gasteiger partial charge is 0.222 e. The zero-order valence-corrected chi connectivity index (χ0v) is 12.1. The predicted octanol–water partition coefficient (Wildman–Crippen LogP) is 1.59. The maximum absolute atomic E-state index is 5.76. The number of aromatic nitrogens is 3. The number of rotatable bonds is 9. The molecule has 1 heterocycles. The lowest BCUT2D eigenvalue weighted by Crippen LogP contribution is -2.08. The Balaban J connectivity index is 2.23. The highest BCUT2D eigenvalue weighted by molar-refractivity contribution is 7.99. The first-order valence-corrected chi connectivity index (χ1v) is 7.05. The Kier molecular flexibility index (Phi) is 7.07. The molecule has 18 heavy (non-hydrogen) atoms. The van der Waals surface area contributed by atoms with E-state index in [1.807, 2.05) is 4.57 Å². The number of nitrogens with zero attached hydrogens (tertiary/aromatic N) is 3. The first-order valence-electron chi connectivity index (χ1n) is 6.06. The molecule has 6 nitrogen and oxygen atoms in total. The topological polar surface area (TPSA) is 75.2 Å². The van der Waals surface area contributed by atoms with Crippen molar-refractivity contribution in [2.45, 2.75) is 31.5 Å². The molecule has 0 bridgehead atoms. The van der Waals surface area contributed by atoms with Crippen molar-refractivity contribution in [2.75, 3.05) is 38.4 Å². The molecule has 0 fully saturated rings. The summed E-state index contributed by atoms with van der Waals surface area (Å²) in [4.78, 5) is 0. The molecule has 1 aromatic rings. The average molecular weight is 274 g/mol. The molecule has 0 amide bonds. The molecular formula is C11H22N4O2S. The van der Waals surface area contributed by atoms with Gasteiger partial charge in [0.2, 0.25) is 5.95 Å². The van der Waals surface area contributed by atoms with Gasteiger partial charge in [-0.3, -0.25) is 4.57 Å². The molecule has 2 N–H and O–H groups in total. The van der Waals surface area contributed by atoms with Crippen molar-refractivity contribution < 1.29 is 9.47 Å². The summed E-state index contributed by atoms with van der Waals surface area (Å²) < 4.78 is 12.3. The second-order valence-corrected chi connectivity index (χ2v) is 5.17. The third-order valence-electron chi connectivity index (χ3n) is 2.30. The lowest BCUT2D eigenvalue weighted by molar-refractivity contribution is 0.113. The van der Waals surface area contributed by atoms with Crippen LogP contribution in [0.1, 0.15) is 26.3 Å². The molecule has 1 rings (SSSR count). The van der Waals surface area contributed by atoms with Gasteiger partial charge in [-0.25, -0.2) is 0 Å². The Labute approximate surface area is 112 Å². The van der Waals surface area contributed by atoms with E-state index >= 15 is 0 Å². The monoisotopic (exact) mass is 274 g/mol. The average Bonchev–Trinajstić information content (AvgIpc) is 2.69. The van der Waals surface area contributed by atoms with E-state index in [0.717, 1.165) is 30.5 Å². The van der Waals surface area contributed by atoms with Crippen LogP contribution >= 0.6 is 11.8 Å². The lowest BCUT2D eigenvalue weighted by atomic mass is 10.4. The maximum Gasteiger partial charge on any atom is 0.222 e. The summed E-state index contributed by atoms with van der Waals surface area (Å²) >= 11 is 1.61. The Morgan fingerprint density at radius 2 is 2.06 bits per heavy atom. The molecule has 0 aliphatic heterocycles. The third kappa shape index (κ3) is 4.83. The fraction of sp³-hybridized carbons (Fsp3) is 0.818. The van der Waals surface area contributed by atoms with Crippen molar-refractivity contribution in [2.24, 2.45) is 0 Å². The Morgan fingerprint density at radius 3 is 2.72 bits per heavy atom. The van der Waals surface area contributed by atoms with E-state index in [4.69, 9.17) is 15.2 Å². The number of nitrogens with two attached hydrogens (primary N) is 1. The van der Waals surface area contributed by atoms with Crippen LogP contribution in [0.3, 0.4) is 0 Å². The van der Waals surface area contributed by atoms with Crippen molar-refractivity contribution in [1.29, 1.82) is 0 Å². The second kappa shape index (κ2) is 8.34. The molecule has 0 aromatic carbocycles. The van der Waals surface area contributed by atoms with E-state index in [9.17, 15) is 0 Å². The molecule has 104 valence electrons. The van der Waals surface area contributed by atoms with E-state index < -0.39 is 0 Å². The van der Waals surface area contributed by atoms with E-state index in [1.54, 1.807) is 18.9 Å². The summed E-state index contributed by atoms with van der Waals surface area (Å²) in [7, 11) is 1.69. The quantitative estimate of drug-likeness (QED) is 0.544. The third-order valence-corrected chi connectivity index (χ3v) is 3.21. The van der Waals surface area contributed by atoms with E-state index in [1.165, 1.54) is 0 Å². The number of hydrogen-bond donors (Lipinski definition) is 1. The normalized spacial score (nSPS) is 11.3. The first-order chi connectivity index (χ1) is 8.66. The predicted molar refractivity (Wildman–Crippen MR) is 72.9 cm³/mol. The van der Waals surface area contributed by atoms with Crippen LogP contribution in [-0.2, 0) is 9.47 Å². The number of nitrogen functional groups attached to an aromatic ring is 1. The van der Waals surface area contributed by atoms with Crippen molar-refractivity contribution in [3.63, 3.8) is 0 Å². The minimum absolute atomic E-state index is 0.269. The van der Waals surface area contributed by atoms with Crippen LogP contribution in [-0.4, -0.2) is 47.4 Å². The van der Waals surface area contributed by atoms with Gasteiger partial charge >= 0.3 is 0 Å². The molecule has 0 spiro atoms. The Morgan fingerprint density at radius 1 is 1.28 bits per heavy atom. The van der Waals surface area contributed by atoms with Gasteiger partial charge in [0.05, 0.1) is 6.61 Å². The summed E-state index contributed by atoms with van der Waals surface area (Å²) in [5, 5.41) is 8.80. The molecule has 0 radical (unpaired) electrons. The van der Waals surface area contributed by atoms with Crippen LogP contribution < -0.4 is 5.73 Å². The largest absolute Gasteiger partial charge is 0.385 e. The number of thioether (sulfide) groups is 1. The van der Waals surface area contributed by atoms with Gasteiger partial charge in [-0.1, -0.05) is 11.8 Å². The Bertz CT molecular complexity index is 344. The highest BCUT2D eigenvalue weighted by Crippen LogP contribution is 2.22. The summed E-state index contributed by atoms with van der Waals surface area (Å²) in [6.45, 7) is 6.29. The fourth-order valence-electron chi connectivity index (χ4n) is 1.47. The van der Waals surface area contributed by atoms with Gasteiger partial charge in [-0.2, -0.15) is 0 Å². The van der Waals surface area contributed by atoms with Crippen LogP contribution in [0.25, 0.3) is 0 Å². The molecule has 0 saturated heterocycles. The highest BCUT2D eigenvalue weighted by atomic mass is 32.2. The first kappa shape index (κ1) is 15.3. The fourth-order valence-corrected chi connectivity index (χ4v) is 2.40. The van der Waals surface area contributed by atoms with Crippen LogP contribution in [0.5, 0.6) is 0 Å². The zero-order valence-electron chi connectivity index (χ0n) is 11.3. The van der Waals surface area contributed by atoms with Gasteiger partial charge in [0.25, 0.3) is 0 Å². The summed E-state index contributed by atoms with van der Waals surface area (Å²) in [6, 6.07) is 0.269. The summed E-state index contributed by atoms with van der Waals surface area (Å²) in [5.74, 6) is 1.31. The van der Waals surface area contributed by atoms with Gasteiger partial charge in [0, 0.05) is 32.1 Å². The SMILES string of the molecule is COCCCOCCSc1nnc(N)n1C(C)C. The van der Waals surface area contributed by atoms with E-state index in [0.29, 0.717) is 12.6 Å². The number of hydrogen-bond acceptors (Lipinski definition) is 6. The molecule has 0 aliphatic carbocycles. The van der Waals surface area contributed by atoms with E-state index in [2.05, 4.69) is 24.0 Å². The van der Waals surface area contributed by atoms with Crippen LogP contribution in [0, 0.1) is 0 Å². The molecule has 7 heteroatoms. The number of anilines is 1. The molecule has 0 unspecified atom stereocenters. The van der Waals surface area contributed by atoms with Crippen molar-refractivity contribution in [3.8, 4) is 0 Å². The van der Waals surface area contributed by atoms with Crippen LogP contribution in [0.2, 0.25) is 0 Å². The van der Waals surface area contributed by atoms with E-state index in [-0.39, 0.29) is 6.04 Å². The van der Waals surface area contributed by atoms with Gasteiger partial charge < -0.3 is 15.2 Å². The molecule has 1 aromatic heterocycles. The van der Waals surface area contributed by atoms with Gasteiger partial charge in [0.15, 0.2) is 5.16 Å². The van der Waals surface area contributed by atoms with Crippen molar-refractivity contribution in [3.05, 3.63) is 0 Å². The Hall–Kier alpha value is -0.790. The molecule has 0 saturated carbocycles. The second-order valence-electron chi connectivity index (χ2n) is 4.11. The molecule has 0 aliphatic rings. The minimum Gasteiger partial charge on any atom is -0.385 e. The standard InChI is InChI=1S/C11H22N4O2S/c1-9(2)15-10(12)13-14-11(15)18-8-7-17-6-4-5-16-3/h9H,4-8H2,1-3H3,(H2,12,13). The number of ether oxygens (including phenoxy) is 2. The van der Waals surface area contributed by atoms with Gasteiger partial charge in [-0.05, 0) is 20.3 Å². The van der Waals surface area contributed by atoms with Crippen LogP contribution in [0.4, 0.5) is 5.95 Å². The van der Waals surface area contributed by atoms with Crippen molar-refractivity contribution in [1.82, 2.24) is 14.8 Å². The minimum atomic E-state index is 0.269. The molecular weight excluding hydrogens is 252 g/mol.